The van der Waals surface area contributed by atoms with Gasteiger partial charge in [0.15, 0.2) is 15.6 Å². The van der Waals surface area contributed by atoms with E-state index < -0.39 is 33.5 Å². The summed E-state index contributed by atoms with van der Waals surface area (Å²) in [5.41, 5.74) is 0.490. The van der Waals surface area contributed by atoms with Crippen molar-refractivity contribution in [3.63, 3.8) is 0 Å². The van der Waals surface area contributed by atoms with Gasteiger partial charge < -0.3 is 9.30 Å². The van der Waals surface area contributed by atoms with Gasteiger partial charge in [-0.1, -0.05) is 12.1 Å². The molecule has 7 nitrogen and oxygen atoms in total. The summed E-state index contributed by atoms with van der Waals surface area (Å²) in [7, 11) is -2.70. The third-order valence-electron chi connectivity index (χ3n) is 5.38. The number of carbonyl (C=O) groups excluding carboxylic acids is 3. The van der Waals surface area contributed by atoms with Gasteiger partial charge in [-0.3, -0.25) is 14.4 Å². The highest BCUT2D eigenvalue weighted by Crippen LogP contribution is 2.44. The SMILES string of the molecule is C=CCS(=O)(=O)c1cc2n(c1C(=O)c1ccsc1)C(C(=O)c1cccs1)CC2C(=O)OC. The molecule has 0 fully saturated rings. The Morgan fingerprint density at radius 2 is 2.06 bits per heavy atom. The molecule has 0 bridgehead atoms. The predicted molar refractivity (Wildman–Crippen MR) is 121 cm³/mol. The van der Waals surface area contributed by atoms with Crippen LogP contribution in [0.5, 0.6) is 0 Å². The standard InChI is InChI=1S/C22H19NO6S3/c1-3-9-32(27,28)18-11-15-14(22(26)29-2)10-16(21(25)17-5-4-7-31-17)23(15)19(18)20(24)13-6-8-30-12-13/h3-8,11-12,14,16H,1,9-10H2,2H3. The zero-order chi connectivity index (χ0) is 23.0. The topological polar surface area (TPSA) is 99.5 Å². The van der Waals surface area contributed by atoms with Crippen LogP contribution in [-0.2, 0) is 19.4 Å². The summed E-state index contributed by atoms with van der Waals surface area (Å²) in [6.45, 7) is 3.50. The molecule has 0 N–H and O–H groups in total. The number of fused-ring (bicyclic) bond motifs is 1. The van der Waals surface area contributed by atoms with Crippen LogP contribution in [0, 0.1) is 0 Å². The summed E-state index contributed by atoms with van der Waals surface area (Å²) < 4.78 is 32.4. The Balaban J connectivity index is 1.99. The maximum atomic E-state index is 13.5. The van der Waals surface area contributed by atoms with Crippen molar-refractivity contribution in [2.75, 3.05) is 12.9 Å². The monoisotopic (exact) mass is 489 g/mol. The van der Waals surface area contributed by atoms with E-state index in [-0.39, 0.29) is 34.2 Å². The summed E-state index contributed by atoms with van der Waals surface area (Å²) >= 11 is 2.55. The zero-order valence-corrected chi connectivity index (χ0v) is 19.5. The maximum Gasteiger partial charge on any atom is 0.314 e. The summed E-state index contributed by atoms with van der Waals surface area (Å²) in [5.74, 6) is -2.64. The molecular formula is C22H19NO6S3. The van der Waals surface area contributed by atoms with Crippen LogP contribution in [0.1, 0.15) is 49.8 Å². The minimum atomic E-state index is -3.93. The highest BCUT2D eigenvalue weighted by molar-refractivity contribution is 7.91. The number of ether oxygens (including phenoxy) is 1. The molecule has 1 aliphatic heterocycles. The second-order valence-corrected chi connectivity index (χ2v) is 11.0. The van der Waals surface area contributed by atoms with E-state index in [2.05, 4.69) is 6.58 Å². The fourth-order valence-electron chi connectivity index (χ4n) is 3.97. The third kappa shape index (κ3) is 3.68. The molecular weight excluding hydrogens is 470 g/mol. The number of ketones is 2. The van der Waals surface area contributed by atoms with Gasteiger partial charge >= 0.3 is 5.97 Å². The van der Waals surface area contributed by atoms with E-state index >= 15 is 0 Å². The van der Waals surface area contributed by atoms with Gasteiger partial charge in [0.25, 0.3) is 0 Å². The zero-order valence-electron chi connectivity index (χ0n) is 17.0. The van der Waals surface area contributed by atoms with Crippen molar-refractivity contribution < 1.29 is 27.5 Å². The largest absolute Gasteiger partial charge is 0.469 e. The van der Waals surface area contributed by atoms with Crippen LogP contribution < -0.4 is 0 Å². The van der Waals surface area contributed by atoms with Gasteiger partial charge in [-0.05, 0) is 35.4 Å². The minimum Gasteiger partial charge on any atom is -0.469 e. The summed E-state index contributed by atoms with van der Waals surface area (Å²) in [6, 6.07) is 5.43. The number of esters is 1. The van der Waals surface area contributed by atoms with E-state index in [1.165, 1.54) is 46.5 Å². The number of hydrogen-bond donors (Lipinski definition) is 0. The summed E-state index contributed by atoms with van der Waals surface area (Å²) in [4.78, 5) is 39.6. The number of aromatic nitrogens is 1. The van der Waals surface area contributed by atoms with Crippen LogP contribution in [0.25, 0.3) is 0 Å². The van der Waals surface area contributed by atoms with E-state index in [4.69, 9.17) is 4.74 Å². The number of hydrogen-bond acceptors (Lipinski definition) is 8. The minimum absolute atomic E-state index is 0.0877. The molecule has 0 saturated heterocycles. The van der Waals surface area contributed by atoms with Gasteiger partial charge in [0, 0.05) is 16.6 Å². The van der Waals surface area contributed by atoms with Crippen molar-refractivity contribution in [2.45, 2.75) is 23.3 Å². The fraction of sp³-hybridized carbons (Fsp3) is 0.227. The van der Waals surface area contributed by atoms with E-state index in [1.807, 2.05) is 0 Å². The number of nitrogens with zero attached hydrogens (tertiary/aromatic N) is 1. The van der Waals surface area contributed by atoms with Gasteiger partial charge in [-0.15, -0.1) is 17.9 Å². The van der Waals surface area contributed by atoms with Gasteiger partial charge in [-0.2, -0.15) is 11.3 Å². The lowest BCUT2D eigenvalue weighted by molar-refractivity contribution is -0.142. The van der Waals surface area contributed by atoms with E-state index in [9.17, 15) is 22.8 Å². The molecule has 0 spiro atoms. The second kappa shape index (κ2) is 8.61. The number of methoxy groups -OCH3 is 1. The number of Topliss-reactive ketones (excluding diaryl/α,β-unsaturated/α-hetero) is 1. The van der Waals surface area contributed by atoms with Crippen molar-refractivity contribution in [2.24, 2.45) is 0 Å². The van der Waals surface area contributed by atoms with Gasteiger partial charge in [0.05, 0.1) is 34.6 Å². The lowest BCUT2D eigenvalue weighted by Crippen LogP contribution is -2.22. The first-order valence-electron chi connectivity index (χ1n) is 9.61. The summed E-state index contributed by atoms with van der Waals surface area (Å²) in [5, 5.41) is 5.09. The third-order valence-corrected chi connectivity index (χ3v) is 8.61. The molecule has 1 aliphatic rings. The molecule has 2 unspecified atom stereocenters. The predicted octanol–water partition coefficient (Wildman–Crippen LogP) is 3.89. The molecule has 10 heteroatoms. The number of thiophene rings is 2. The Labute approximate surface area is 192 Å². The molecule has 3 aromatic rings. The Morgan fingerprint density at radius 1 is 1.28 bits per heavy atom. The molecule has 0 aliphatic carbocycles. The van der Waals surface area contributed by atoms with Crippen molar-refractivity contribution in [1.29, 1.82) is 0 Å². The van der Waals surface area contributed by atoms with Crippen LogP contribution in [-0.4, -0.2) is 43.4 Å². The first-order chi connectivity index (χ1) is 15.3. The Bertz CT molecular complexity index is 1300. The second-order valence-electron chi connectivity index (χ2n) is 7.23. The molecule has 4 heterocycles. The number of carbonyl (C=O) groups is 3. The molecule has 3 aromatic heterocycles. The molecule has 0 amide bonds. The normalized spacial score (nSPS) is 17.7. The van der Waals surface area contributed by atoms with E-state index in [0.717, 1.165) is 0 Å². The van der Waals surface area contributed by atoms with Crippen LogP contribution in [0.4, 0.5) is 0 Å². The maximum absolute atomic E-state index is 13.5. The van der Waals surface area contributed by atoms with Crippen LogP contribution in [0.2, 0.25) is 0 Å². The van der Waals surface area contributed by atoms with Crippen LogP contribution in [0.15, 0.2) is 58.0 Å². The average Bonchev–Trinajstić information content (AvgIpc) is 3.55. The van der Waals surface area contributed by atoms with Crippen LogP contribution in [0.3, 0.4) is 0 Å². The smallest absolute Gasteiger partial charge is 0.314 e. The van der Waals surface area contributed by atoms with Gasteiger partial charge in [0.1, 0.15) is 5.69 Å². The molecule has 4 rings (SSSR count). The first-order valence-corrected chi connectivity index (χ1v) is 13.1. The Morgan fingerprint density at radius 3 is 2.66 bits per heavy atom. The van der Waals surface area contributed by atoms with Crippen LogP contribution >= 0.6 is 22.7 Å². The highest BCUT2D eigenvalue weighted by atomic mass is 32.2. The molecule has 166 valence electrons. The van der Waals surface area contributed by atoms with E-state index in [0.29, 0.717) is 10.4 Å². The average molecular weight is 490 g/mol. The Kier molecular flexibility index (Phi) is 6.02. The fourth-order valence-corrected chi connectivity index (χ4v) is 6.60. The molecule has 2 atom stereocenters. The van der Waals surface area contributed by atoms with Gasteiger partial charge in [0.2, 0.25) is 5.78 Å². The summed E-state index contributed by atoms with van der Waals surface area (Å²) in [6.07, 6.45) is 1.33. The molecule has 0 aromatic carbocycles. The molecule has 0 radical (unpaired) electrons. The van der Waals surface area contributed by atoms with E-state index in [1.54, 1.807) is 34.3 Å². The Hall–Kier alpha value is -2.82. The quantitative estimate of drug-likeness (QED) is 0.270. The molecule has 0 saturated carbocycles. The van der Waals surface area contributed by atoms with Crippen molar-refractivity contribution in [3.05, 3.63) is 74.9 Å². The lowest BCUT2D eigenvalue weighted by atomic mass is 9.98. The van der Waals surface area contributed by atoms with Crippen molar-refractivity contribution >= 4 is 50.0 Å². The molecule has 32 heavy (non-hydrogen) atoms. The highest BCUT2D eigenvalue weighted by Gasteiger charge is 2.45. The number of sulfone groups is 1. The van der Waals surface area contributed by atoms with Crippen molar-refractivity contribution in [3.8, 4) is 0 Å². The van der Waals surface area contributed by atoms with Crippen molar-refractivity contribution in [1.82, 2.24) is 4.57 Å². The lowest BCUT2D eigenvalue weighted by Gasteiger charge is -2.16. The first kappa shape index (κ1) is 22.4. The van der Waals surface area contributed by atoms with Gasteiger partial charge in [-0.25, -0.2) is 8.42 Å². The number of rotatable bonds is 8.